The van der Waals surface area contributed by atoms with Crippen LogP contribution in [0.1, 0.15) is 5.56 Å². The van der Waals surface area contributed by atoms with Crippen LogP contribution in [-0.4, -0.2) is 18.9 Å². The van der Waals surface area contributed by atoms with Gasteiger partial charge in [-0.2, -0.15) is 0 Å². The molecule has 1 rings (SSSR count). The smallest absolute Gasteiger partial charge is 0.378 e. The Balaban J connectivity index is 2.99. The molecule has 0 saturated carbocycles. The summed E-state index contributed by atoms with van der Waals surface area (Å²) in [5, 5.41) is 0.560. The first kappa shape index (κ1) is 13.2. The van der Waals surface area contributed by atoms with Crippen molar-refractivity contribution >= 4 is 29.1 Å². The highest BCUT2D eigenvalue weighted by Gasteiger charge is 2.12. The third-order valence-electron chi connectivity index (χ3n) is 1.97. The predicted octanol–water partition coefficient (Wildman–Crippen LogP) is 0.886. The lowest BCUT2D eigenvalue weighted by Gasteiger charge is -2.06. The van der Waals surface area contributed by atoms with Gasteiger partial charge in [0.15, 0.2) is 0 Å². The molecule has 0 unspecified atom stereocenters. The molecule has 0 amide bonds. The van der Waals surface area contributed by atoms with E-state index in [1.165, 1.54) is 0 Å². The van der Waals surface area contributed by atoms with Gasteiger partial charge >= 0.3 is 5.97 Å². The number of benzene rings is 1. The molecule has 0 atom stereocenters. The molecule has 0 heterocycles. The molecule has 1 aromatic carbocycles. The van der Waals surface area contributed by atoms with Crippen molar-refractivity contribution in [2.24, 2.45) is 5.84 Å². The van der Waals surface area contributed by atoms with E-state index in [2.05, 4.69) is 10.2 Å². The van der Waals surface area contributed by atoms with Crippen molar-refractivity contribution in [2.45, 2.75) is 0 Å². The second-order valence-corrected chi connectivity index (χ2v) is 3.50. The standard InChI is InChI=1S/C11H11ClN2O3/c1-17-11(16)10(15)6-9(14-13)7-2-4-8(12)5-3-7/h2-6,14H,13H2,1H3/b9-6-. The Labute approximate surface area is 103 Å². The number of carbonyl (C=O) groups is 2. The highest BCUT2D eigenvalue weighted by molar-refractivity contribution is 6.39. The summed E-state index contributed by atoms with van der Waals surface area (Å²) in [6, 6.07) is 6.62. The van der Waals surface area contributed by atoms with Crippen LogP contribution in [0.5, 0.6) is 0 Å². The molecule has 6 heteroatoms. The molecule has 90 valence electrons. The number of ketones is 1. The van der Waals surface area contributed by atoms with E-state index in [1.54, 1.807) is 24.3 Å². The number of halogens is 1. The lowest BCUT2D eigenvalue weighted by atomic mass is 10.1. The molecule has 3 N–H and O–H groups in total. The summed E-state index contributed by atoms with van der Waals surface area (Å²) in [5.41, 5.74) is 3.27. The van der Waals surface area contributed by atoms with Gasteiger partial charge in [-0.25, -0.2) is 4.79 Å². The Morgan fingerprint density at radius 1 is 1.35 bits per heavy atom. The predicted molar refractivity (Wildman–Crippen MR) is 63.8 cm³/mol. The van der Waals surface area contributed by atoms with Crippen LogP contribution in [0.2, 0.25) is 5.02 Å². The molecular weight excluding hydrogens is 244 g/mol. The van der Waals surface area contributed by atoms with E-state index >= 15 is 0 Å². The first-order valence-electron chi connectivity index (χ1n) is 4.65. The van der Waals surface area contributed by atoms with E-state index < -0.39 is 11.8 Å². The van der Waals surface area contributed by atoms with Crippen LogP contribution < -0.4 is 11.3 Å². The van der Waals surface area contributed by atoms with Crippen molar-refractivity contribution in [2.75, 3.05) is 7.11 Å². The summed E-state index contributed by atoms with van der Waals surface area (Å²) < 4.78 is 4.29. The topological polar surface area (TPSA) is 81.4 Å². The van der Waals surface area contributed by atoms with Crippen molar-refractivity contribution in [3.63, 3.8) is 0 Å². The Bertz CT molecular complexity index is 454. The number of esters is 1. The third kappa shape index (κ3) is 3.58. The molecule has 0 saturated heterocycles. The number of rotatable bonds is 4. The SMILES string of the molecule is COC(=O)C(=O)/C=C(\NN)c1ccc(Cl)cc1. The number of hydrogen-bond acceptors (Lipinski definition) is 5. The fourth-order valence-corrected chi connectivity index (χ4v) is 1.25. The summed E-state index contributed by atoms with van der Waals surface area (Å²) in [5.74, 6) is 3.53. The average Bonchev–Trinajstić information content (AvgIpc) is 2.35. The Morgan fingerprint density at radius 2 is 1.94 bits per heavy atom. The number of methoxy groups -OCH3 is 1. The Kier molecular flexibility index (Phi) is 4.68. The van der Waals surface area contributed by atoms with Gasteiger partial charge in [-0.1, -0.05) is 23.7 Å². The van der Waals surface area contributed by atoms with Crippen molar-refractivity contribution in [1.29, 1.82) is 0 Å². The van der Waals surface area contributed by atoms with E-state index in [0.29, 0.717) is 16.3 Å². The molecule has 0 aromatic heterocycles. The average molecular weight is 255 g/mol. The molecule has 0 spiro atoms. The van der Waals surface area contributed by atoms with E-state index in [1.807, 2.05) is 0 Å². The highest BCUT2D eigenvalue weighted by Crippen LogP contribution is 2.15. The Hall–Kier alpha value is -1.85. The lowest BCUT2D eigenvalue weighted by molar-refractivity contribution is -0.149. The molecule has 0 aliphatic heterocycles. The second-order valence-electron chi connectivity index (χ2n) is 3.07. The molecule has 5 nitrogen and oxygen atoms in total. The number of nitrogens with one attached hydrogen (secondary N) is 1. The zero-order valence-electron chi connectivity index (χ0n) is 9.07. The first-order valence-corrected chi connectivity index (χ1v) is 5.02. The van der Waals surface area contributed by atoms with Gasteiger partial charge in [-0.05, 0) is 17.7 Å². The van der Waals surface area contributed by atoms with E-state index in [9.17, 15) is 9.59 Å². The number of hydrogen-bond donors (Lipinski definition) is 2. The van der Waals surface area contributed by atoms with Gasteiger partial charge in [0.2, 0.25) is 0 Å². The maximum atomic E-state index is 11.3. The van der Waals surface area contributed by atoms with E-state index in [4.69, 9.17) is 17.4 Å². The number of carbonyl (C=O) groups excluding carboxylic acids is 2. The fraction of sp³-hybridized carbons (Fsp3) is 0.0909. The summed E-state index contributed by atoms with van der Waals surface area (Å²) in [6.07, 6.45) is 1.06. The van der Waals surface area contributed by atoms with Crippen LogP contribution in [0.15, 0.2) is 30.3 Å². The molecule has 1 aromatic rings. The third-order valence-corrected chi connectivity index (χ3v) is 2.22. The molecule has 0 fully saturated rings. The summed E-state index contributed by atoms with van der Waals surface area (Å²) in [4.78, 5) is 22.3. The highest BCUT2D eigenvalue weighted by atomic mass is 35.5. The minimum Gasteiger partial charge on any atom is -0.463 e. The second kappa shape index (κ2) is 6.03. The minimum absolute atomic E-state index is 0.303. The minimum atomic E-state index is -0.952. The van der Waals surface area contributed by atoms with Gasteiger partial charge in [0.1, 0.15) is 0 Å². The van der Waals surface area contributed by atoms with E-state index in [-0.39, 0.29) is 0 Å². The van der Waals surface area contributed by atoms with Crippen molar-refractivity contribution in [3.8, 4) is 0 Å². The summed E-state index contributed by atoms with van der Waals surface area (Å²) >= 11 is 5.73. The Morgan fingerprint density at radius 3 is 2.41 bits per heavy atom. The van der Waals surface area contributed by atoms with Crippen LogP contribution in [0.4, 0.5) is 0 Å². The zero-order chi connectivity index (χ0) is 12.8. The number of ether oxygens (including phenoxy) is 1. The zero-order valence-corrected chi connectivity index (χ0v) is 9.82. The van der Waals surface area contributed by atoms with Gasteiger partial charge < -0.3 is 10.2 Å². The van der Waals surface area contributed by atoms with Gasteiger partial charge in [-0.15, -0.1) is 0 Å². The van der Waals surface area contributed by atoms with Crippen molar-refractivity contribution in [1.82, 2.24) is 5.43 Å². The maximum Gasteiger partial charge on any atom is 0.378 e. The number of hydrazine groups is 1. The molecule has 0 bridgehead atoms. The van der Waals surface area contributed by atoms with Gasteiger partial charge in [-0.3, -0.25) is 10.6 Å². The molecule has 0 aliphatic carbocycles. The molecule has 0 radical (unpaired) electrons. The summed E-state index contributed by atoms with van der Waals surface area (Å²) in [6.45, 7) is 0. The van der Waals surface area contributed by atoms with Crippen LogP contribution in [-0.2, 0) is 14.3 Å². The van der Waals surface area contributed by atoms with Crippen molar-refractivity contribution in [3.05, 3.63) is 40.9 Å². The largest absolute Gasteiger partial charge is 0.463 e. The van der Waals surface area contributed by atoms with Gasteiger partial charge in [0.05, 0.1) is 12.8 Å². The van der Waals surface area contributed by atoms with Gasteiger partial charge in [0, 0.05) is 11.1 Å². The normalized spacial score (nSPS) is 10.9. The molecular formula is C11H11ClN2O3. The van der Waals surface area contributed by atoms with Crippen molar-refractivity contribution < 1.29 is 14.3 Å². The van der Waals surface area contributed by atoms with Crippen LogP contribution in [0.3, 0.4) is 0 Å². The van der Waals surface area contributed by atoms with E-state index in [0.717, 1.165) is 13.2 Å². The monoisotopic (exact) mass is 254 g/mol. The van der Waals surface area contributed by atoms with Crippen LogP contribution in [0.25, 0.3) is 5.70 Å². The maximum absolute atomic E-state index is 11.3. The van der Waals surface area contributed by atoms with Crippen LogP contribution >= 0.6 is 11.6 Å². The fourth-order valence-electron chi connectivity index (χ4n) is 1.13. The molecule has 17 heavy (non-hydrogen) atoms. The first-order chi connectivity index (χ1) is 8.08. The number of nitrogens with two attached hydrogens (primary N) is 1. The molecule has 0 aliphatic rings. The van der Waals surface area contributed by atoms with Gasteiger partial charge in [0.25, 0.3) is 5.78 Å². The quantitative estimate of drug-likeness (QED) is 0.274. The summed E-state index contributed by atoms with van der Waals surface area (Å²) in [7, 11) is 1.13. The lowest BCUT2D eigenvalue weighted by Crippen LogP contribution is -2.22. The van der Waals surface area contributed by atoms with Crippen LogP contribution in [0, 0.1) is 0 Å².